The Balaban J connectivity index is 2.28. The summed E-state index contributed by atoms with van der Waals surface area (Å²) in [5.41, 5.74) is 6.61. The van der Waals surface area contributed by atoms with Gasteiger partial charge in [0.05, 0.1) is 5.69 Å². The van der Waals surface area contributed by atoms with E-state index in [1.54, 1.807) is 11.0 Å². The molecule has 2 aromatic heterocycles. The summed E-state index contributed by atoms with van der Waals surface area (Å²) < 4.78 is 3.59. The van der Waals surface area contributed by atoms with Gasteiger partial charge in [0.1, 0.15) is 12.9 Å². The lowest BCUT2D eigenvalue weighted by molar-refractivity contribution is 0.584. The van der Waals surface area contributed by atoms with Gasteiger partial charge in [-0.2, -0.15) is 0 Å². The first kappa shape index (κ1) is 9.63. The Bertz CT molecular complexity index is 455. The zero-order valence-corrected chi connectivity index (χ0v) is 8.75. The van der Waals surface area contributed by atoms with Crippen LogP contribution < -0.4 is 5.73 Å². The minimum atomic E-state index is 0.486. The van der Waals surface area contributed by atoms with E-state index in [2.05, 4.69) is 20.5 Å². The quantitative estimate of drug-likeness (QED) is 0.739. The molecule has 7 heteroatoms. The molecule has 2 rings (SSSR count). The van der Waals surface area contributed by atoms with Crippen LogP contribution in [-0.2, 0) is 20.0 Å². The Kier molecular flexibility index (Phi) is 2.36. The molecule has 0 fully saturated rings. The van der Waals surface area contributed by atoms with E-state index >= 15 is 0 Å². The highest BCUT2D eigenvalue weighted by molar-refractivity contribution is 5.32. The summed E-state index contributed by atoms with van der Waals surface area (Å²) in [6, 6.07) is 0. The van der Waals surface area contributed by atoms with Gasteiger partial charge >= 0.3 is 0 Å². The number of rotatable bonds is 3. The fourth-order valence-electron chi connectivity index (χ4n) is 1.42. The number of hydrogen-bond acceptors (Lipinski definition) is 5. The summed E-state index contributed by atoms with van der Waals surface area (Å²) in [7, 11) is 1.89. The molecule has 0 aliphatic carbocycles. The van der Waals surface area contributed by atoms with Gasteiger partial charge in [0.15, 0.2) is 11.6 Å². The maximum atomic E-state index is 5.68. The van der Waals surface area contributed by atoms with Gasteiger partial charge in [-0.15, -0.1) is 15.3 Å². The van der Waals surface area contributed by atoms with Gasteiger partial charge in [-0.3, -0.25) is 0 Å². The van der Waals surface area contributed by atoms with Crippen LogP contribution >= 0.6 is 0 Å². The number of nitrogens with zero attached hydrogens (tertiary/aromatic N) is 6. The fourth-order valence-corrected chi connectivity index (χ4v) is 1.42. The summed E-state index contributed by atoms with van der Waals surface area (Å²) in [4.78, 5) is 0. The highest BCUT2D eigenvalue weighted by atomic mass is 15.5. The normalized spacial score (nSPS) is 10.8. The van der Waals surface area contributed by atoms with Crippen LogP contribution in [0.1, 0.15) is 18.4 Å². The third kappa shape index (κ3) is 1.67. The molecule has 0 spiro atoms. The standard InChI is InChI=1S/C8H13N7/c1-3-6-8(9)12-13-15(6)4-7-11-10-5-14(7)2/h5H,3-4,9H2,1-2H3. The number of nitrogens with two attached hydrogens (primary N) is 1. The first-order valence-corrected chi connectivity index (χ1v) is 4.73. The molecule has 0 amide bonds. The van der Waals surface area contributed by atoms with Crippen LogP contribution in [0, 0.1) is 0 Å². The van der Waals surface area contributed by atoms with E-state index in [1.807, 2.05) is 18.5 Å². The summed E-state index contributed by atoms with van der Waals surface area (Å²) in [6.07, 6.45) is 2.46. The van der Waals surface area contributed by atoms with Crippen LogP contribution in [0.4, 0.5) is 5.82 Å². The minimum Gasteiger partial charge on any atom is -0.381 e. The van der Waals surface area contributed by atoms with Crippen molar-refractivity contribution >= 4 is 5.82 Å². The molecule has 2 aromatic rings. The van der Waals surface area contributed by atoms with E-state index in [0.29, 0.717) is 12.4 Å². The van der Waals surface area contributed by atoms with Gasteiger partial charge < -0.3 is 10.3 Å². The first-order chi connectivity index (χ1) is 7.22. The second-order valence-corrected chi connectivity index (χ2v) is 3.29. The Labute approximate surface area is 86.9 Å². The SMILES string of the molecule is CCc1c(N)nnn1Cc1nncn1C. The highest BCUT2D eigenvalue weighted by Crippen LogP contribution is 2.09. The Morgan fingerprint density at radius 3 is 2.80 bits per heavy atom. The van der Waals surface area contributed by atoms with Crippen LogP contribution in [0.2, 0.25) is 0 Å². The summed E-state index contributed by atoms with van der Waals surface area (Å²) >= 11 is 0. The molecule has 80 valence electrons. The first-order valence-electron chi connectivity index (χ1n) is 4.73. The summed E-state index contributed by atoms with van der Waals surface area (Å²) in [5, 5.41) is 15.6. The molecule has 0 unspecified atom stereocenters. The van der Waals surface area contributed by atoms with Gasteiger partial charge in [-0.1, -0.05) is 12.1 Å². The molecule has 0 bridgehead atoms. The topological polar surface area (TPSA) is 87.4 Å². The monoisotopic (exact) mass is 207 g/mol. The lowest BCUT2D eigenvalue weighted by atomic mass is 10.3. The van der Waals surface area contributed by atoms with Crippen LogP contribution in [0.3, 0.4) is 0 Å². The molecule has 0 aliphatic rings. The number of aryl methyl sites for hydroxylation is 1. The molecule has 0 radical (unpaired) electrons. The van der Waals surface area contributed by atoms with Crippen molar-refractivity contribution in [1.29, 1.82) is 0 Å². The van der Waals surface area contributed by atoms with E-state index in [-0.39, 0.29) is 0 Å². The Morgan fingerprint density at radius 1 is 1.40 bits per heavy atom. The van der Waals surface area contributed by atoms with Crippen LogP contribution in [0.5, 0.6) is 0 Å². The zero-order chi connectivity index (χ0) is 10.8. The Morgan fingerprint density at radius 2 is 2.20 bits per heavy atom. The van der Waals surface area contributed by atoms with Crippen molar-refractivity contribution < 1.29 is 0 Å². The van der Waals surface area contributed by atoms with Crippen LogP contribution in [0.15, 0.2) is 6.33 Å². The van der Waals surface area contributed by atoms with E-state index in [1.165, 1.54) is 0 Å². The second-order valence-electron chi connectivity index (χ2n) is 3.29. The summed E-state index contributed by atoms with van der Waals surface area (Å²) in [6.45, 7) is 2.56. The predicted molar refractivity (Wildman–Crippen MR) is 53.9 cm³/mol. The third-order valence-corrected chi connectivity index (χ3v) is 2.30. The number of hydrogen-bond donors (Lipinski definition) is 1. The van der Waals surface area contributed by atoms with Gasteiger partial charge in [-0.05, 0) is 6.42 Å². The predicted octanol–water partition coefficient (Wildman–Crippen LogP) is -0.401. The lowest BCUT2D eigenvalue weighted by Gasteiger charge is -2.03. The molecule has 0 aliphatic heterocycles. The fraction of sp³-hybridized carbons (Fsp3) is 0.500. The maximum absolute atomic E-state index is 5.68. The molecule has 0 saturated heterocycles. The van der Waals surface area contributed by atoms with Crippen molar-refractivity contribution in [3.05, 3.63) is 17.8 Å². The average molecular weight is 207 g/mol. The Hall–Kier alpha value is -1.92. The lowest BCUT2D eigenvalue weighted by Crippen LogP contribution is -2.10. The maximum Gasteiger partial charge on any atom is 0.169 e. The van der Waals surface area contributed by atoms with Crippen molar-refractivity contribution in [2.24, 2.45) is 7.05 Å². The van der Waals surface area contributed by atoms with Gasteiger partial charge in [0, 0.05) is 7.05 Å². The average Bonchev–Trinajstić information content (AvgIpc) is 2.76. The second kappa shape index (κ2) is 3.68. The number of aromatic nitrogens is 6. The van der Waals surface area contributed by atoms with Crippen LogP contribution in [-0.4, -0.2) is 29.8 Å². The molecule has 2 N–H and O–H groups in total. The molecule has 0 saturated carbocycles. The molecule has 7 nitrogen and oxygen atoms in total. The van der Waals surface area contributed by atoms with Gasteiger partial charge in [0.25, 0.3) is 0 Å². The summed E-state index contributed by atoms with van der Waals surface area (Å²) in [5.74, 6) is 1.31. The zero-order valence-electron chi connectivity index (χ0n) is 8.75. The third-order valence-electron chi connectivity index (χ3n) is 2.30. The van der Waals surface area contributed by atoms with Crippen molar-refractivity contribution in [1.82, 2.24) is 29.8 Å². The molecular weight excluding hydrogens is 194 g/mol. The van der Waals surface area contributed by atoms with E-state index in [4.69, 9.17) is 5.73 Å². The molecule has 0 atom stereocenters. The van der Waals surface area contributed by atoms with Crippen molar-refractivity contribution in [3.63, 3.8) is 0 Å². The largest absolute Gasteiger partial charge is 0.381 e. The number of nitrogen functional groups attached to an aromatic ring is 1. The van der Waals surface area contributed by atoms with E-state index in [0.717, 1.165) is 17.9 Å². The highest BCUT2D eigenvalue weighted by Gasteiger charge is 2.10. The molecule has 0 aromatic carbocycles. The van der Waals surface area contributed by atoms with Crippen molar-refractivity contribution in [3.8, 4) is 0 Å². The van der Waals surface area contributed by atoms with Crippen molar-refractivity contribution in [2.75, 3.05) is 5.73 Å². The number of anilines is 1. The van der Waals surface area contributed by atoms with E-state index < -0.39 is 0 Å². The molecule has 2 heterocycles. The van der Waals surface area contributed by atoms with Crippen molar-refractivity contribution in [2.45, 2.75) is 19.9 Å². The van der Waals surface area contributed by atoms with Crippen LogP contribution in [0.25, 0.3) is 0 Å². The van der Waals surface area contributed by atoms with Gasteiger partial charge in [0.2, 0.25) is 0 Å². The molecule has 15 heavy (non-hydrogen) atoms. The molecular formula is C8H13N7. The van der Waals surface area contributed by atoms with E-state index in [9.17, 15) is 0 Å². The smallest absolute Gasteiger partial charge is 0.169 e. The minimum absolute atomic E-state index is 0.486. The van der Waals surface area contributed by atoms with Gasteiger partial charge in [-0.25, -0.2) is 4.68 Å².